The van der Waals surface area contributed by atoms with E-state index in [9.17, 15) is 23.8 Å². The second-order valence-corrected chi connectivity index (χ2v) is 10.0. The van der Waals surface area contributed by atoms with E-state index in [1.807, 2.05) is 0 Å². The second kappa shape index (κ2) is 25.0. The van der Waals surface area contributed by atoms with E-state index in [1.54, 1.807) is 14.2 Å². The van der Waals surface area contributed by atoms with Crippen LogP contribution in [0.1, 0.15) is 32.1 Å². The molecule has 16 heteroatoms. The van der Waals surface area contributed by atoms with Crippen LogP contribution in [0.3, 0.4) is 0 Å². The zero-order valence-electron chi connectivity index (χ0n) is 23.2. The van der Waals surface area contributed by atoms with Crippen molar-refractivity contribution in [2.45, 2.75) is 38.1 Å². The van der Waals surface area contributed by atoms with Crippen molar-refractivity contribution < 1.29 is 56.8 Å². The maximum Gasteiger partial charge on any atom is 0.407 e. The van der Waals surface area contributed by atoms with Gasteiger partial charge in [-0.2, -0.15) is 0 Å². The van der Waals surface area contributed by atoms with Crippen LogP contribution in [0, 0.1) is 0 Å². The van der Waals surface area contributed by atoms with Gasteiger partial charge in [0.05, 0.1) is 46.2 Å². The Kier molecular flexibility index (Phi) is 23.7. The average Bonchev–Trinajstić information content (AvgIpc) is 2.88. The van der Waals surface area contributed by atoms with E-state index >= 15 is 0 Å². The minimum Gasteiger partial charge on any atom is -0.779 e. The third-order valence-electron chi connectivity index (χ3n) is 4.78. The van der Waals surface area contributed by atoms with Crippen LogP contribution in [0.15, 0.2) is 0 Å². The molecule has 230 valence electrons. The lowest BCUT2D eigenvalue weighted by Crippen LogP contribution is -2.47. The van der Waals surface area contributed by atoms with Crippen LogP contribution in [0.2, 0.25) is 0 Å². The van der Waals surface area contributed by atoms with Crippen LogP contribution < -0.4 is 20.8 Å². The number of hydrogen-bond acceptors (Lipinski definition) is 12. The van der Waals surface area contributed by atoms with Gasteiger partial charge in [0.2, 0.25) is 5.91 Å². The lowest BCUT2D eigenvalue weighted by atomic mass is 10.1. The number of carbonyl (C=O) groups excluding carboxylic acids is 3. The first-order valence-corrected chi connectivity index (χ1v) is 14.9. The number of hydrogen-bond donors (Lipinski definition) is 3. The van der Waals surface area contributed by atoms with Crippen LogP contribution in [0.25, 0.3) is 0 Å². The van der Waals surface area contributed by atoms with Gasteiger partial charge in [-0.3, -0.25) is 4.79 Å². The summed E-state index contributed by atoms with van der Waals surface area (Å²) >= 11 is 0. The van der Waals surface area contributed by atoms with Crippen LogP contribution >= 0.6 is 7.60 Å². The van der Waals surface area contributed by atoms with Gasteiger partial charge < -0.3 is 58.4 Å². The standard InChI is InChI=1S/C23H46N3O12P/c1-32-12-14-34-16-18-36-22(28)25-10-5-4-8-20(26-23(29)37-19-17-35-15-13-33-2)21(27)24-9-6-7-11-38-39(3,30)31/h20H,4-19H2,1-3H3,(H,24,27)(H,25,28)(H,26,29)(H,30,31)/p-1. The fraction of sp³-hybridized carbons (Fsp3) is 0.870. The summed E-state index contributed by atoms with van der Waals surface area (Å²) in [7, 11) is -0.664. The maximum absolute atomic E-state index is 12.6. The van der Waals surface area contributed by atoms with Gasteiger partial charge in [-0.05, 0) is 32.1 Å². The molecule has 2 unspecified atom stereocenters. The molecule has 0 radical (unpaired) electrons. The predicted molar refractivity (Wildman–Crippen MR) is 139 cm³/mol. The number of alkyl carbamates (subject to hydrolysis) is 2. The Labute approximate surface area is 230 Å². The summed E-state index contributed by atoms with van der Waals surface area (Å²) in [4.78, 5) is 47.5. The Morgan fingerprint density at radius 3 is 1.85 bits per heavy atom. The van der Waals surface area contributed by atoms with Crippen molar-refractivity contribution in [2.24, 2.45) is 0 Å². The van der Waals surface area contributed by atoms with Crippen LogP contribution in [-0.4, -0.2) is 118 Å². The van der Waals surface area contributed by atoms with E-state index in [0.717, 1.165) is 6.66 Å². The number of unbranched alkanes of at least 4 members (excludes halogenated alkanes) is 2. The van der Waals surface area contributed by atoms with Gasteiger partial charge >= 0.3 is 12.2 Å². The molecule has 0 saturated heterocycles. The number of methoxy groups -OCH3 is 2. The quantitative estimate of drug-likeness (QED) is 0.0987. The third kappa shape index (κ3) is 26.0. The van der Waals surface area contributed by atoms with Crippen LogP contribution in [-0.2, 0) is 42.3 Å². The Morgan fingerprint density at radius 1 is 0.718 bits per heavy atom. The van der Waals surface area contributed by atoms with Gasteiger partial charge in [0.15, 0.2) is 0 Å². The summed E-state index contributed by atoms with van der Waals surface area (Å²) in [5, 5.41) is 7.88. The molecule has 15 nitrogen and oxygen atoms in total. The van der Waals surface area contributed by atoms with Gasteiger partial charge in [-0.15, -0.1) is 0 Å². The molecule has 0 aliphatic rings. The summed E-state index contributed by atoms with van der Waals surface area (Å²) < 4.78 is 45.9. The summed E-state index contributed by atoms with van der Waals surface area (Å²) in [5.74, 6) is -0.407. The van der Waals surface area contributed by atoms with E-state index < -0.39 is 31.7 Å². The molecule has 0 fully saturated rings. The van der Waals surface area contributed by atoms with E-state index in [2.05, 4.69) is 20.5 Å². The van der Waals surface area contributed by atoms with Gasteiger partial charge in [-0.25, -0.2) is 9.59 Å². The minimum absolute atomic E-state index is 0.00827. The highest BCUT2D eigenvalue weighted by Gasteiger charge is 2.21. The first kappa shape index (κ1) is 37.0. The topological polar surface area (TPSA) is 192 Å². The fourth-order valence-electron chi connectivity index (χ4n) is 2.84. The van der Waals surface area contributed by atoms with Gasteiger partial charge in [-0.1, -0.05) is 0 Å². The average molecular weight is 587 g/mol. The summed E-state index contributed by atoms with van der Waals surface area (Å²) in [5.41, 5.74) is 0. The molecule has 39 heavy (non-hydrogen) atoms. The van der Waals surface area contributed by atoms with E-state index in [1.165, 1.54) is 0 Å². The molecule has 0 aliphatic heterocycles. The maximum atomic E-state index is 12.6. The van der Waals surface area contributed by atoms with Crippen molar-refractivity contribution in [1.82, 2.24) is 16.0 Å². The summed E-state index contributed by atoms with van der Waals surface area (Å²) in [6, 6.07) is -0.864. The molecule has 0 spiro atoms. The number of carbonyl (C=O) groups is 3. The largest absolute Gasteiger partial charge is 0.779 e. The molecule has 0 aromatic rings. The molecule has 0 saturated carbocycles. The van der Waals surface area contributed by atoms with E-state index in [4.69, 9.17) is 28.4 Å². The SMILES string of the molecule is COCCOCCOC(=O)NCCCCC(NC(=O)OCCOCCOC)C(=O)NCCCCOP(C)(=O)[O-]. The smallest absolute Gasteiger partial charge is 0.407 e. The molecule has 0 aromatic heterocycles. The monoisotopic (exact) mass is 586 g/mol. The molecule has 0 heterocycles. The third-order valence-corrected chi connectivity index (χ3v) is 5.43. The first-order valence-electron chi connectivity index (χ1n) is 12.9. The normalized spacial score (nSPS) is 13.2. The van der Waals surface area contributed by atoms with Crippen molar-refractivity contribution >= 4 is 25.7 Å². The lowest BCUT2D eigenvalue weighted by Gasteiger charge is -2.19. The van der Waals surface area contributed by atoms with Crippen molar-refractivity contribution in [3.05, 3.63) is 0 Å². The minimum atomic E-state index is -3.78. The highest BCUT2D eigenvalue weighted by molar-refractivity contribution is 7.50. The Bertz CT molecular complexity index is 695. The van der Waals surface area contributed by atoms with Crippen molar-refractivity contribution in [3.8, 4) is 0 Å². The molecule has 0 aromatic carbocycles. The number of rotatable bonds is 25. The number of ether oxygens (including phenoxy) is 6. The van der Waals surface area contributed by atoms with Crippen molar-refractivity contribution in [2.75, 3.05) is 93.4 Å². The number of amides is 3. The molecule has 0 rings (SSSR count). The molecular formula is C23H45N3O12P-. The summed E-state index contributed by atoms with van der Waals surface area (Å²) in [6.45, 7) is 3.86. The summed E-state index contributed by atoms with van der Waals surface area (Å²) in [6.07, 6.45) is 0.944. The van der Waals surface area contributed by atoms with Gasteiger partial charge in [0, 0.05) is 34.0 Å². The number of nitrogens with one attached hydrogen (secondary N) is 3. The molecule has 0 aliphatic carbocycles. The fourth-order valence-corrected chi connectivity index (χ4v) is 3.30. The Hall–Kier alpha value is -2.00. The highest BCUT2D eigenvalue weighted by atomic mass is 31.2. The van der Waals surface area contributed by atoms with Crippen molar-refractivity contribution in [3.63, 3.8) is 0 Å². The zero-order valence-corrected chi connectivity index (χ0v) is 24.1. The zero-order chi connectivity index (χ0) is 29.2. The Balaban J connectivity index is 4.37. The van der Waals surface area contributed by atoms with E-state index in [0.29, 0.717) is 65.1 Å². The predicted octanol–water partition coefficient (Wildman–Crippen LogP) is 0.400. The second-order valence-electron chi connectivity index (χ2n) is 8.20. The van der Waals surface area contributed by atoms with Crippen molar-refractivity contribution in [1.29, 1.82) is 0 Å². The van der Waals surface area contributed by atoms with Crippen LogP contribution in [0.4, 0.5) is 9.59 Å². The molecular weight excluding hydrogens is 541 g/mol. The molecule has 3 N–H and O–H groups in total. The molecule has 2 atom stereocenters. The van der Waals surface area contributed by atoms with E-state index in [-0.39, 0.29) is 39.6 Å². The van der Waals surface area contributed by atoms with Gasteiger partial charge in [0.1, 0.15) is 26.9 Å². The lowest BCUT2D eigenvalue weighted by molar-refractivity contribution is -0.196. The highest BCUT2D eigenvalue weighted by Crippen LogP contribution is 2.30. The van der Waals surface area contributed by atoms with Crippen LogP contribution in [0.5, 0.6) is 0 Å². The molecule has 3 amide bonds. The first-order chi connectivity index (χ1) is 18.7. The Morgan fingerprint density at radius 2 is 1.26 bits per heavy atom. The molecule has 0 bridgehead atoms. The van der Waals surface area contributed by atoms with Gasteiger partial charge in [0.25, 0.3) is 0 Å².